The van der Waals surface area contributed by atoms with Crippen LogP contribution in [0.4, 0.5) is 0 Å². The molecule has 332 valence electrons. The highest BCUT2D eigenvalue weighted by molar-refractivity contribution is 7.47. The number of phosphoric ester groups is 1. The second-order valence-corrected chi connectivity index (χ2v) is 15.4. The predicted molar refractivity (Wildman–Crippen MR) is 247 cm³/mol. The highest BCUT2D eigenvalue weighted by atomic mass is 31.2. The Kier molecular flexibility index (Phi) is 41.3. The fourth-order valence-electron chi connectivity index (χ4n) is 5.15. The molecule has 2 unspecified atom stereocenters. The lowest BCUT2D eigenvalue weighted by molar-refractivity contribution is -0.147. The van der Waals surface area contributed by atoms with Gasteiger partial charge in [0.1, 0.15) is 12.7 Å². The Hall–Kier alpha value is -3.59. The first-order chi connectivity index (χ1) is 28.8. The van der Waals surface area contributed by atoms with Gasteiger partial charge in [-0.15, -0.1) is 0 Å². The summed E-state index contributed by atoms with van der Waals surface area (Å²) in [6.45, 7) is 3.21. The zero-order valence-electron chi connectivity index (χ0n) is 36.4. The number of unbranched alkanes of at least 4 members (excludes halogenated alkanes) is 6. The fraction of sp³-hybridized carbons (Fsp3) is 0.551. The molecule has 0 bridgehead atoms. The van der Waals surface area contributed by atoms with E-state index in [1.54, 1.807) is 0 Å². The number of ether oxygens (including phenoxy) is 1. The molecule has 0 aromatic rings. The molecule has 0 saturated carbocycles. The van der Waals surface area contributed by atoms with E-state index in [1.165, 1.54) is 0 Å². The van der Waals surface area contributed by atoms with Gasteiger partial charge in [0, 0.05) is 19.4 Å². The molecule has 0 aromatic heterocycles. The van der Waals surface area contributed by atoms with Crippen LogP contribution in [0.3, 0.4) is 0 Å². The molecule has 0 radical (unpaired) electrons. The van der Waals surface area contributed by atoms with Crippen molar-refractivity contribution >= 4 is 19.7 Å². The second-order valence-electron chi connectivity index (χ2n) is 13.9. The largest absolute Gasteiger partial charge is 0.472 e. The van der Waals surface area contributed by atoms with E-state index in [2.05, 4.69) is 135 Å². The van der Waals surface area contributed by atoms with Crippen LogP contribution in [0.25, 0.3) is 0 Å². The van der Waals surface area contributed by atoms with Crippen LogP contribution in [-0.4, -0.2) is 54.3 Å². The zero-order valence-corrected chi connectivity index (χ0v) is 37.3. The van der Waals surface area contributed by atoms with Crippen LogP contribution in [0, 0.1) is 0 Å². The molecule has 3 N–H and O–H groups in total. The molecule has 0 aliphatic carbocycles. The lowest BCUT2D eigenvalue weighted by Crippen LogP contribution is -2.27. The first-order valence-electron chi connectivity index (χ1n) is 22.0. The maximum atomic E-state index is 12.1. The van der Waals surface area contributed by atoms with Crippen LogP contribution >= 0.6 is 7.82 Å². The van der Waals surface area contributed by atoms with Crippen molar-refractivity contribution in [2.24, 2.45) is 0 Å². The minimum absolute atomic E-state index is 0.0571. The van der Waals surface area contributed by atoms with Crippen LogP contribution in [-0.2, 0) is 27.9 Å². The average Bonchev–Trinajstić information content (AvgIpc) is 3.22. The summed E-state index contributed by atoms with van der Waals surface area (Å²) in [5.41, 5.74) is 0. The number of nitrogens with one attached hydrogen (secondary N) is 1. The Bertz CT molecular complexity index is 1370. The van der Waals surface area contributed by atoms with Crippen molar-refractivity contribution in [3.8, 4) is 0 Å². The third kappa shape index (κ3) is 45.3. The number of esters is 1. The molecule has 0 aliphatic heterocycles. The summed E-state index contributed by atoms with van der Waals surface area (Å²) in [6.07, 6.45) is 59.9. The number of hydrogen-bond acceptors (Lipinski definition) is 7. The van der Waals surface area contributed by atoms with Crippen molar-refractivity contribution in [3.63, 3.8) is 0 Å². The van der Waals surface area contributed by atoms with E-state index >= 15 is 0 Å². The highest BCUT2D eigenvalue weighted by Crippen LogP contribution is 2.42. The Morgan fingerprint density at radius 3 is 1.41 bits per heavy atom. The Balaban J connectivity index is 3.76. The summed E-state index contributed by atoms with van der Waals surface area (Å²) in [5, 5.41) is 12.7. The van der Waals surface area contributed by atoms with E-state index in [0.717, 1.165) is 109 Å². The number of amides is 1. The number of carbonyl (C=O) groups excluding carboxylic acids is 2. The van der Waals surface area contributed by atoms with Gasteiger partial charge in [-0.1, -0.05) is 155 Å². The van der Waals surface area contributed by atoms with Crippen molar-refractivity contribution in [3.05, 3.63) is 122 Å². The molecule has 0 spiro atoms. The Labute approximate surface area is 358 Å². The molecular weight excluding hydrogens is 762 g/mol. The van der Waals surface area contributed by atoms with E-state index < -0.39 is 26.5 Å². The quantitative estimate of drug-likeness (QED) is 0.0241. The van der Waals surface area contributed by atoms with Gasteiger partial charge in [-0.2, -0.15) is 0 Å². The molecule has 0 heterocycles. The van der Waals surface area contributed by atoms with Crippen LogP contribution in [0.2, 0.25) is 0 Å². The van der Waals surface area contributed by atoms with E-state index in [1.807, 2.05) is 6.08 Å². The van der Waals surface area contributed by atoms with Gasteiger partial charge < -0.3 is 20.1 Å². The summed E-state index contributed by atoms with van der Waals surface area (Å²) in [7, 11) is -4.44. The molecule has 9 nitrogen and oxygen atoms in total. The summed E-state index contributed by atoms with van der Waals surface area (Å²) >= 11 is 0. The first-order valence-corrected chi connectivity index (χ1v) is 23.5. The Morgan fingerprint density at radius 1 is 0.525 bits per heavy atom. The monoisotopic (exact) mass is 840 g/mol. The number of aliphatic hydroxyl groups is 1. The molecule has 0 saturated heterocycles. The van der Waals surface area contributed by atoms with Crippen molar-refractivity contribution in [2.45, 2.75) is 148 Å². The van der Waals surface area contributed by atoms with Gasteiger partial charge in [-0.3, -0.25) is 18.6 Å². The van der Waals surface area contributed by atoms with Gasteiger partial charge in [0.25, 0.3) is 0 Å². The third-order valence-electron chi connectivity index (χ3n) is 8.39. The fourth-order valence-corrected chi connectivity index (χ4v) is 5.90. The van der Waals surface area contributed by atoms with Gasteiger partial charge in [-0.05, 0) is 96.3 Å². The number of hydrogen-bond donors (Lipinski definition) is 3. The van der Waals surface area contributed by atoms with Crippen LogP contribution in [0.15, 0.2) is 122 Å². The topological polar surface area (TPSA) is 131 Å². The standard InChI is InChI=1S/C49H78NO8P/c1-3-5-7-9-11-13-15-17-19-20-21-22-23-24-25-26-28-30-32-34-36-38-40-42-49(53)56-45-47(51)46-58-59(54,55)57-44-43-50-48(52)41-39-37-35-33-31-29-27-18-16-14-12-10-8-6-4-2/h5-8,11-14,17-19,21-22,24-25,27-28,30,34,36,47,51H,3-4,9-10,15-16,20,23,26,29,31-33,35,37-46H2,1-2H3,(H,50,52)(H,54,55)/b7-5-,8-6-,13-11-,14-12-,19-17-,22-21-,25-24-,27-18-,30-28-,36-34-. The molecule has 2 atom stereocenters. The summed E-state index contributed by atoms with van der Waals surface area (Å²) in [5.74, 6) is -0.607. The van der Waals surface area contributed by atoms with Gasteiger partial charge in [-0.25, -0.2) is 4.57 Å². The van der Waals surface area contributed by atoms with E-state index in [0.29, 0.717) is 12.8 Å². The van der Waals surface area contributed by atoms with Gasteiger partial charge >= 0.3 is 13.8 Å². The minimum Gasteiger partial charge on any atom is -0.463 e. The minimum atomic E-state index is -4.44. The van der Waals surface area contributed by atoms with Gasteiger partial charge in [0.05, 0.1) is 13.2 Å². The molecule has 0 rings (SSSR count). The van der Waals surface area contributed by atoms with Gasteiger partial charge in [0.15, 0.2) is 0 Å². The predicted octanol–water partition coefficient (Wildman–Crippen LogP) is 12.5. The van der Waals surface area contributed by atoms with E-state index in [4.69, 9.17) is 13.8 Å². The maximum Gasteiger partial charge on any atom is 0.472 e. The Morgan fingerprint density at radius 2 is 0.932 bits per heavy atom. The van der Waals surface area contributed by atoms with Gasteiger partial charge in [0.2, 0.25) is 5.91 Å². The van der Waals surface area contributed by atoms with Crippen LogP contribution < -0.4 is 5.32 Å². The number of phosphoric acid groups is 1. The molecule has 0 fully saturated rings. The highest BCUT2D eigenvalue weighted by Gasteiger charge is 2.23. The van der Waals surface area contributed by atoms with E-state index in [9.17, 15) is 24.2 Å². The number of carbonyl (C=O) groups is 2. The summed E-state index contributed by atoms with van der Waals surface area (Å²) in [6, 6.07) is 0. The maximum absolute atomic E-state index is 12.1. The average molecular weight is 840 g/mol. The number of rotatable bonds is 39. The first kappa shape index (κ1) is 55.4. The lowest BCUT2D eigenvalue weighted by atomic mass is 10.1. The van der Waals surface area contributed by atoms with Crippen LogP contribution in [0.1, 0.15) is 142 Å². The van der Waals surface area contributed by atoms with E-state index in [-0.39, 0.29) is 32.1 Å². The summed E-state index contributed by atoms with van der Waals surface area (Å²) in [4.78, 5) is 33.9. The third-order valence-corrected chi connectivity index (χ3v) is 9.37. The van der Waals surface area contributed by atoms with Crippen molar-refractivity contribution in [2.75, 3.05) is 26.4 Å². The molecule has 0 aromatic carbocycles. The van der Waals surface area contributed by atoms with Crippen molar-refractivity contribution in [1.82, 2.24) is 5.32 Å². The smallest absolute Gasteiger partial charge is 0.463 e. The summed E-state index contributed by atoms with van der Waals surface area (Å²) < 4.78 is 26.8. The SMILES string of the molecule is CC/C=C\C/C=C\C/C=C\C/C=C\C/C=C\C/C=C\C/C=C\CCCC(=O)OCC(O)COP(=O)(O)OCCNC(=O)CCCCCCC/C=C\C/C=C\C/C=C\CC. The lowest BCUT2D eigenvalue weighted by Gasteiger charge is -2.15. The molecule has 0 aliphatic rings. The van der Waals surface area contributed by atoms with Crippen molar-refractivity contribution in [1.29, 1.82) is 0 Å². The molecule has 1 amide bonds. The normalized spacial score (nSPS) is 14.4. The second kappa shape index (κ2) is 44.0. The number of aliphatic hydroxyl groups excluding tert-OH is 1. The molecular formula is C49H78NO8P. The van der Waals surface area contributed by atoms with Crippen LogP contribution in [0.5, 0.6) is 0 Å². The molecule has 10 heteroatoms. The molecule has 59 heavy (non-hydrogen) atoms. The number of allylic oxidation sites excluding steroid dienone is 20. The van der Waals surface area contributed by atoms with Crippen molar-refractivity contribution < 1.29 is 37.9 Å². The zero-order chi connectivity index (χ0) is 43.2.